The van der Waals surface area contributed by atoms with Crippen LogP contribution in [0.3, 0.4) is 0 Å². The first-order valence-electron chi connectivity index (χ1n) is 9.91. The molecule has 2 heterocycles. The fourth-order valence-electron chi connectivity index (χ4n) is 3.30. The molecule has 0 aliphatic heterocycles. The molecule has 162 valence electrons. The lowest BCUT2D eigenvalue weighted by atomic mass is 9.90. The minimum absolute atomic E-state index is 0.0216. The fraction of sp³-hybridized carbons (Fsp3) is 0.333. The molecule has 31 heavy (non-hydrogen) atoms. The van der Waals surface area contributed by atoms with E-state index in [1.54, 1.807) is 40.3 Å². The topological polar surface area (TPSA) is 86.9 Å². The summed E-state index contributed by atoms with van der Waals surface area (Å²) in [6, 6.07) is 4.79. The standard InChI is InChI=1S/C21H22ClFN6O2/c1-14(28-11-20(25-13-28)15-2-3-18(22)19(23)8-15)4-5-24-21(30)12-31-17-9-16(10-17)29-26-6-7-27-29/h2-3,6-8,11,13,16-17H,1,4-5,9-10,12H2,(H,24,30). The van der Waals surface area contributed by atoms with Crippen LogP contribution in [0.5, 0.6) is 0 Å². The van der Waals surface area contributed by atoms with Crippen molar-refractivity contribution in [3.8, 4) is 11.3 Å². The van der Waals surface area contributed by atoms with Gasteiger partial charge in [0.25, 0.3) is 0 Å². The summed E-state index contributed by atoms with van der Waals surface area (Å²) in [6.07, 6.45) is 8.87. The summed E-state index contributed by atoms with van der Waals surface area (Å²) in [4.78, 5) is 18.0. The summed E-state index contributed by atoms with van der Waals surface area (Å²) in [5.74, 6) is -0.663. The van der Waals surface area contributed by atoms with E-state index in [0.717, 1.165) is 18.5 Å². The van der Waals surface area contributed by atoms with E-state index < -0.39 is 5.82 Å². The van der Waals surface area contributed by atoms with Gasteiger partial charge in [-0.15, -0.1) is 0 Å². The third-order valence-corrected chi connectivity index (χ3v) is 5.49. The second kappa shape index (κ2) is 9.40. The fourth-order valence-corrected chi connectivity index (χ4v) is 3.41. The Morgan fingerprint density at radius 2 is 2.10 bits per heavy atom. The maximum Gasteiger partial charge on any atom is 0.246 e. The van der Waals surface area contributed by atoms with Crippen LogP contribution in [-0.4, -0.2) is 49.7 Å². The van der Waals surface area contributed by atoms with Crippen molar-refractivity contribution in [2.24, 2.45) is 0 Å². The van der Waals surface area contributed by atoms with Crippen LogP contribution in [0, 0.1) is 5.82 Å². The molecule has 0 radical (unpaired) electrons. The minimum Gasteiger partial charge on any atom is -0.368 e. The van der Waals surface area contributed by atoms with Crippen molar-refractivity contribution in [3.63, 3.8) is 0 Å². The number of ether oxygens (including phenoxy) is 1. The van der Waals surface area contributed by atoms with E-state index in [2.05, 4.69) is 27.1 Å². The Balaban J connectivity index is 1.16. The van der Waals surface area contributed by atoms with Crippen LogP contribution in [0.15, 0.2) is 49.7 Å². The van der Waals surface area contributed by atoms with Crippen LogP contribution >= 0.6 is 11.6 Å². The molecule has 0 bridgehead atoms. The molecule has 1 amide bonds. The molecule has 0 unspecified atom stereocenters. The van der Waals surface area contributed by atoms with Crippen molar-refractivity contribution in [1.82, 2.24) is 29.9 Å². The number of hydrogen-bond acceptors (Lipinski definition) is 5. The van der Waals surface area contributed by atoms with E-state index in [9.17, 15) is 9.18 Å². The number of nitrogens with one attached hydrogen (secondary N) is 1. The van der Waals surface area contributed by atoms with Gasteiger partial charge in [0.1, 0.15) is 12.4 Å². The normalized spacial score (nSPS) is 17.9. The highest BCUT2D eigenvalue weighted by Crippen LogP contribution is 2.33. The van der Waals surface area contributed by atoms with Crippen LogP contribution in [0.2, 0.25) is 5.02 Å². The van der Waals surface area contributed by atoms with Crippen LogP contribution in [0.25, 0.3) is 17.0 Å². The maximum atomic E-state index is 13.7. The SMILES string of the molecule is C=C(CCNC(=O)COC1CC(n2nccn2)C1)n1cnc(-c2ccc(Cl)c(F)c2)c1. The molecule has 1 aromatic carbocycles. The van der Waals surface area contributed by atoms with E-state index in [-0.39, 0.29) is 29.7 Å². The van der Waals surface area contributed by atoms with Crippen molar-refractivity contribution in [2.75, 3.05) is 13.2 Å². The number of rotatable bonds is 9. The summed E-state index contributed by atoms with van der Waals surface area (Å²) in [5, 5.41) is 11.1. The summed E-state index contributed by atoms with van der Waals surface area (Å²) < 4.78 is 21.0. The Labute approximate surface area is 183 Å². The average Bonchev–Trinajstić information content (AvgIpc) is 3.41. The first-order chi connectivity index (χ1) is 15.0. The molecule has 0 atom stereocenters. The smallest absolute Gasteiger partial charge is 0.246 e. The third-order valence-electron chi connectivity index (χ3n) is 5.18. The number of carbonyl (C=O) groups excluding carboxylic acids is 1. The minimum atomic E-state index is -0.493. The molecule has 10 heteroatoms. The third kappa shape index (κ3) is 5.18. The van der Waals surface area contributed by atoms with Crippen molar-refractivity contribution < 1.29 is 13.9 Å². The van der Waals surface area contributed by atoms with Gasteiger partial charge in [-0.3, -0.25) is 4.79 Å². The number of halogens is 2. The van der Waals surface area contributed by atoms with Gasteiger partial charge < -0.3 is 14.6 Å². The summed E-state index contributed by atoms with van der Waals surface area (Å²) in [5.41, 5.74) is 1.99. The van der Waals surface area contributed by atoms with Crippen LogP contribution in [-0.2, 0) is 9.53 Å². The first kappa shape index (κ1) is 21.2. The number of amides is 1. The summed E-state index contributed by atoms with van der Waals surface area (Å²) >= 11 is 5.72. The Bertz CT molecular complexity index is 1060. The van der Waals surface area contributed by atoms with Crippen LogP contribution < -0.4 is 5.32 Å². The lowest BCUT2D eigenvalue weighted by molar-refractivity contribution is -0.131. The van der Waals surface area contributed by atoms with E-state index in [1.165, 1.54) is 12.1 Å². The van der Waals surface area contributed by atoms with Gasteiger partial charge in [-0.2, -0.15) is 15.0 Å². The Kier molecular flexibility index (Phi) is 6.43. The zero-order valence-corrected chi connectivity index (χ0v) is 17.5. The monoisotopic (exact) mass is 444 g/mol. The lowest BCUT2D eigenvalue weighted by Crippen LogP contribution is -2.37. The highest BCUT2D eigenvalue weighted by Gasteiger charge is 2.32. The van der Waals surface area contributed by atoms with Gasteiger partial charge >= 0.3 is 0 Å². The predicted octanol–water partition coefficient (Wildman–Crippen LogP) is 3.33. The first-order valence-corrected chi connectivity index (χ1v) is 10.3. The molecule has 0 saturated heterocycles. The van der Waals surface area contributed by atoms with Gasteiger partial charge in [0, 0.05) is 30.4 Å². The number of benzene rings is 1. The molecule has 2 aromatic heterocycles. The second-order valence-electron chi connectivity index (χ2n) is 7.37. The van der Waals surface area contributed by atoms with E-state index in [0.29, 0.717) is 24.2 Å². The molecule has 1 saturated carbocycles. The summed E-state index contributed by atoms with van der Waals surface area (Å²) in [6.45, 7) is 4.47. The number of imidazole rings is 1. The summed E-state index contributed by atoms with van der Waals surface area (Å²) in [7, 11) is 0. The van der Waals surface area contributed by atoms with Crippen molar-refractivity contribution in [1.29, 1.82) is 0 Å². The van der Waals surface area contributed by atoms with Crippen LogP contribution in [0.1, 0.15) is 25.3 Å². The van der Waals surface area contributed by atoms with Gasteiger partial charge in [0.15, 0.2) is 0 Å². The van der Waals surface area contributed by atoms with Crippen molar-refractivity contribution in [2.45, 2.75) is 31.4 Å². The zero-order chi connectivity index (χ0) is 21.8. The highest BCUT2D eigenvalue weighted by atomic mass is 35.5. The van der Waals surface area contributed by atoms with Gasteiger partial charge in [-0.1, -0.05) is 24.2 Å². The molecular formula is C21H22ClFN6O2. The van der Waals surface area contributed by atoms with Gasteiger partial charge in [0.05, 0.1) is 41.6 Å². The Morgan fingerprint density at radius 3 is 2.84 bits per heavy atom. The molecule has 1 aliphatic carbocycles. The quantitative estimate of drug-likeness (QED) is 0.547. The number of carbonyl (C=O) groups is 1. The largest absolute Gasteiger partial charge is 0.368 e. The zero-order valence-electron chi connectivity index (χ0n) is 16.7. The second-order valence-corrected chi connectivity index (χ2v) is 7.78. The van der Waals surface area contributed by atoms with E-state index >= 15 is 0 Å². The van der Waals surface area contributed by atoms with E-state index in [4.69, 9.17) is 16.3 Å². The van der Waals surface area contributed by atoms with Crippen LogP contribution in [0.4, 0.5) is 4.39 Å². The Morgan fingerprint density at radius 1 is 1.32 bits per heavy atom. The molecule has 0 spiro atoms. The van der Waals surface area contributed by atoms with Gasteiger partial charge in [0.2, 0.25) is 5.91 Å². The van der Waals surface area contributed by atoms with E-state index in [1.807, 2.05) is 0 Å². The average molecular weight is 445 g/mol. The molecule has 1 aliphatic rings. The predicted molar refractivity (Wildman–Crippen MR) is 114 cm³/mol. The molecule has 3 aromatic rings. The lowest BCUT2D eigenvalue weighted by Gasteiger charge is -2.33. The maximum absolute atomic E-state index is 13.7. The Hall–Kier alpha value is -3.04. The van der Waals surface area contributed by atoms with Gasteiger partial charge in [-0.25, -0.2) is 9.37 Å². The molecule has 8 nitrogen and oxygen atoms in total. The number of nitrogens with zero attached hydrogens (tertiary/aromatic N) is 5. The molecule has 1 fully saturated rings. The van der Waals surface area contributed by atoms with Gasteiger partial charge in [-0.05, 0) is 25.0 Å². The van der Waals surface area contributed by atoms with Crippen molar-refractivity contribution >= 4 is 23.2 Å². The number of hydrogen-bond donors (Lipinski definition) is 1. The molecular weight excluding hydrogens is 423 g/mol. The number of aromatic nitrogens is 5. The molecule has 1 N–H and O–H groups in total. The highest BCUT2D eigenvalue weighted by molar-refractivity contribution is 6.30. The molecule has 4 rings (SSSR count). The van der Waals surface area contributed by atoms with Crippen molar-refractivity contribution in [3.05, 3.63) is 60.5 Å².